The van der Waals surface area contributed by atoms with Gasteiger partial charge in [-0.05, 0) is 48.9 Å². The standard InChI is InChI=1S/C20H22N2O5/c21-19(25)18-6-5-17(27-18)11-1-3-12(4-2-11)20(26)22-9-13-7-15(23)16(24)8-14(13)10-22/h1-6,13-16,23-24H,7-10H2,(H2,21,25)/t13-,14+,15+,16-. The maximum absolute atomic E-state index is 12.8. The van der Waals surface area contributed by atoms with Gasteiger partial charge in [-0.1, -0.05) is 12.1 Å². The number of rotatable bonds is 3. The Morgan fingerprint density at radius 3 is 2.07 bits per heavy atom. The highest BCUT2D eigenvalue weighted by molar-refractivity contribution is 5.95. The number of furan rings is 1. The van der Waals surface area contributed by atoms with Crippen LogP contribution in [0.1, 0.15) is 33.8 Å². The van der Waals surface area contributed by atoms with E-state index in [4.69, 9.17) is 10.2 Å². The van der Waals surface area contributed by atoms with Crippen molar-refractivity contribution < 1.29 is 24.2 Å². The maximum Gasteiger partial charge on any atom is 0.284 e. The molecule has 4 N–H and O–H groups in total. The minimum Gasteiger partial charge on any atom is -0.451 e. The monoisotopic (exact) mass is 370 g/mol. The second kappa shape index (κ2) is 6.83. The van der Waals surface area contributed by atoms with Gasteiger partial charge in [0, 0.05) is 24.2 Å². The molecule has 0 bridgehead atoms. The van der Waals surface area contributed by atoms with Crippen molar-refractivity contribution in [2.45, 2.75) is 25.0 Å². The Hall–Kier alpha value is -2.64. The molecule has 1 aromatic carbocycles. The second-order valence-electron chi connectivity index (χ2n) is 7.44. The zero-order valence-electron chi connectivity index (χ0n) is 14.7. The first-order valence-corrected chi connectivity index (χ1v) is 9.08. The van der Waals surface area contributed by atoms with Gasteiger partial charge < -0.3 is 25.3 Å². The third kappa shape index (κ3) is 3.36. The van der Waals surface area contributed by atoms with Crippen LogP contribution < -0.4 is 5.73 Å². The maximum atomic E-state index is 12.8. The van der Waals surface area contributed by atoms with E-state index in [1.165, 1.54) is 6.07 Å². The lowest BCUT2D eigenvalue weighted by atomic mass is 9.79. The van der Waals surface area contributed by atoms with Crippen molar-refractivity contribution in [3.63, 3.8) is 0 Å². The van der Waals surface area contributed by atoms with Gasteiger partial charge in [-0.3, -0.25) is 9.59 Å². The average Bonchev–Trinajstić information content (AvgIpc) is 3.29. The number of aliphatic hydroxyl groups is 2. The molecule has 1 aromatic heterocycles. The summed E-state index contributed by atoms with van der Waals surface area (Å²) < 4.78 is 5.40. The minimum atomic E-state index is -0.695. The molecule has 2 aromatic rings. The Bertz CT molecular complexity index is 842. The summed E-state index contributed by atoms with van der Waals surface area (Å²) in [6.45, 7) is 1.21. The van der Waals surface area contributed by atoms with Crippen LogP contribution in [0.15, 0.2) is 40.8 Å². The van der Waals surface area contributed by atoms with Crippen LogP contribution in [-0.2, 0) is 0 Å². The van der Waals surface area contributed by atoms with Gasteiger partial charge in [0.05, 0.1) is 12.2 Å². The number of carbonyl (C=O) groups is 2. The van der Waals surface area contributed by atoms with Crippen LogP contribution in [0.5, 0.6) is 0 Å². The Balaban J connectivity index is 1.46. The van der Waals surface area contributed by atoms with E-state index >= 15 is 0 Å². The Labute approximate surface area is 156 Å². The lowest BCUT2D eigenvalue weighted by molar-refractivity contribution is -0.0372. The van der Waals surface area contributed by atoms with Crippen molar-refractivity contribution >= 4 is 11.8 Å². The van der Waals surface area contributed by atoms with E-state index in [-0.39, 0.29) is 23.5 Å². The van der Waals surface area contributed by atoms with E-state index in [2.05, 4.69) is 0 Å². The minimum absolute atomic E-state index is 0.0581. The summed E-state index contributed by atoms with van der Waals surface area (Å²) in [6, 6.07) is 10.2. The largest absolute Gasteiger partial charge is 0.451 e. The molecule has 4 atom stereocenters. The van der Waals surface area contributed by atoms with Crippen LogP contribution in [0, 0.1) is 11.8 Å². The lowest BCUT2D eigenvalue weighted by Crippen LogP contribution is -2.38. The normalized spacial score (nSPS) is 27.4. The molecule has 0 spiro atoms. The quantitative estimate of drug-likeness (QED) is 0.752. The molecule has 0 radical (unpaired) electrons. The fourth-order valence-corrected chi connectivity index (χ4v) is 4.16. The summed E-state index contributed by atoms with van der Waals surface area (Å²) in [4.78, 5) is 25.7. The molecule has 2 amide bonds. The van der Waals surface area contributed by atoms with Gasteiger partial charge in [0.15, 0.2) is 5.76 Å². The number of benzene rings is 1. The Morgan fingerprint density at radius 2 is 1.56 bits per heavy atom. The molecule has 7 nitrogen and oxygen atoms in total. The SMILES string of the molecule is NC(=O)c1ccc(-c2ccc(C(=O)N3C[C@H]4C[C@H](O)[C@H](O)C[C@H]4C3)cc2)o1. The molecule has 1 saturated heterocycles. The summed E-state index contributed by atoms with van der Waals surface area (Å²) in [5, 5.41) is 19.7. The molecule has 4 rings (SSSR count). The third-order valence-corrected chi connectivity index (χ3v) is 5.66. The van der Waals surface area contributed by atoms with E-state index in [1.54, 1.807) is 35.2 Å². The molecular weight excluding hydrogens is 348 g/mol. The van der Waals surface area contributed by atoms with Crippen LogP contribution in [0.25, 0.3) is 11.3 Å². The van der Waals surface area contributed by atoms with Gasteiger partial charge in [-0.25, -0.2) is 0 Å². The molecule has 142 valence electrons. The van der Waals surface area contributed by atoms with Gasteiger partial charge in [-0.2, -0.15) is 0 Å². The number of hydrogen-bond acceptors (Lipinski definition) is 5. The van der Waals surface area contributed by atoms with Crippen LogP contribution in [-0.4, -0.2) is 52.2 Å². The van der Waals surface area contributed by atoms with Gasteiger partial charge in [-0.15, -0.1) is 0 Å². The fourth-order valence-electron chi connectivity index (χ4n) is 4.16. The average molecular weight is 370 g/mol. The highest BCUT2D eigenvalue weighted by atomic mass is 16.4. The van der Waals surface area contributed by atoms with Gasteiger partial charge in [0.25, 0.3) is 11.8 Å². The summed E-state index contributed by atoms with van der Waals surface area (Å²) in [5.74, 6) is 0.395. The van der Waals surface area contributed by atoms with Crippen molar-refractivity contribution in [3.8, 4) is 11.3 Å². The van der Waals surface area contributed by atoms with Crippen molar-refractivity contribution in [3.05, 3.63) is 47.7 Å². The number of nitrogens with two attached hydrogens (primary N) is 1. The Kier molecular flexibility index (Phi) is 4.49. The molecular formula is C20H22N2O5. The van der Waals surface area contributed by atoms with Crippen molar-refractivity contribution in [1.82, 2.24) is 4.90 Å². The zero-order chi connectivity index (χ0) is 19.1. The number of nitrogens with zero attached hydrogens (tertiary/aromatic N) is 1. The smallest absolute Gasteiger partial charge is 0.284 e. The van der Waals surface area contributed by atoms with Crippen LogP contribution in [0.3, 0.4) is 0 Å². The molecule has 0 unspecified atom stereocenters. The first-order valence-electron chi connectivity index (χ1n) is 9.08. The molecule has 2 fully saturated rings. The number of aliphatic hydroxyl groups excluding tert-OH is 2. The van der Waals surface area contributed by atoms with Gasteiger partial charge >= 0.3 is 0 Å². The van der Waals surface area contributed by atoms with E-state index in [0.717, 1.165) is 5.56 Å². The number of primary amides is 1. The summed E-state index contributed by atoms with van der Waals surface area (Å²) >= 11 is 0. The second-order valence-corrected chi connectivity index (χ2v) is 7.44. The van der Waals surface area contributed by atoms with Crippen molar-refractivity contribution in [1.29, 1.82) is 0 Å². The van der Waals surface area contributed by atoms with E-state index in [9.17, 15) is 19.8 Å². The molecule has 1 aliphatic heterocycles. The molecule has 1 aliphatic carbocycles. The van der Waals surface area contributed by atoms with Crippen molar-refractivity contribution in [2.75, 3.05) is 13.1 Å². The predicted octanol–water partition coefficient (Wildman–Crippen LogP) is 1.25. The first-order chi connectivity index (χ1) is 12.9. The number of amides is 2. The molecule has 2 heterocycles. The van der Waals surface area contributed by atoms with Crippen molar-refractivity contribution in [2.24, 2.45) is 17.6 Å². The van der Waals surface area contributed by atoms with E-state index in [1.807, 2.05) is 0 Å². The highest BCUT2D eigenvalue weighted by Gasteiger charge is 2.42. The summed E-state index contributed by atoms with van der Waals surface area (Å²) in [6.07, 6.45) is -0.317. The number of carbonyl (C=O) groups excluding carboxylic acids is 2. The molecule has 2 aliphatic rings. The third-order valence-electron chi connectivity index (χ3n) is 5.66. The van der Waals surface area contributed by atoms with E-state index < -0.39 is 18.1 Å². The van der Waals surface area contributed by atoms with Gasteiger partial charge in [0.2, 0.25) is 0 Å². The number of fused-ring (bicyclic) bond motifs is 1. The molecule has 7 heteroatoms. The Morgan fingerprint density at radius 1 is 0.963 bits per heavy atom. The van der Waals surface area contributed by atoms with Crippen LogP contribution in [0.4, 0.5) is 0 Å². The first kappa shape index (κ1) is 17.8. The number of likely N-dealkylation sites (tertiary alicyclic amines) is 1. The van der Waals surface area contributed by atoms with E-state index in [0.29, 0.717) is 37.3 Å². The lowest BCUT2D eigenvalue weighted by Gasteiger charge is -2.31. The highest BCUT2D eigenvalue weighted by Crippen LogP contribution is 2.37. The van der Waals surface area contributed by atoms with Crippen LogP contribution in [0.2, 0.25) is 0 Å². The summed E-state index contributed by atoms with van der Waals surface area (Å²) in [7, 11) is 0. The molecule has 27 heavy (non-hydrogen) atoms. The number of hydrogen-bond donors (Lipinski definition) is 3. The van der Waals surface area contributed by atoms with Gasteiger partial charge in [0.1, 0.15) is 5.76 Å². The fraction of sp³-hybridized carbons (Fsp3) is 0.400. The topological polar surface area (TPSA) is 117 Å². The predicted molar refractivity (Wildman–Crippen MR) is 96.8 cm³/mol. The zero-order valence-corrected chi connectivity index (χ0v) is 14.7. The van der Waals surface area contributed by atoms with Crippen LogP contribution >= 0.6 is 0 Å². The summed E-state index contributed by atoms with van der Waals surface area (Å²) in [5.41, 5.74) is 6.51. The molecule has 1 saturated carbocycles.